The highest BCUT2D eigenvalue weighted by Crippen LogP contribution is 2.17. The molecule has 4 heteroatoms. The first-order valence-electron chi connectivity index (χ1n) is 7.93. The summed E-state index contributed by atoms with van der Waals surface area (Å²) >= 11 is 0. The number of ether oxygens (including phenoxy) is 1. The fourth-order valence-corrected chi connectivity index (χ4v) is 3.37. The third kappa shape index (κ3) is 5.03. The van der Waals surface area contributed by atoms with Gasteiger partial charge in [-0.25, -0.2) is 0 Å². The molecule has 2 N–H and O–H groups in total. The predicted octanol–water partition coefficient (Wildman–Crippen LogP) is 1.01. The number of nitrogens with two attached hydrogens (primary N) is 1. The van der Waals surface area contributed by atoms with Gasteiger partial charge in [0.2, 0.25) is 0 Å². The Hall–Kier alpha value is -0.160. The van der Waals surface area contributed by atoms with Gasteiger partial charge in [0, 0.05) is 32.7 Å². The first kappa shape index (κ1) is 15.2. The molecule has 0 spiro atoms. The van der Waals surface area contributed by atoms with Gasteiger partial charge in [-0.2, -0.15) is 0 Å². The van der Waals surface area contributed by atoms with Crippen molar-refractivity contribution in [2.45, 2.75) is 32.8 Å². The van der Waals surface area contributed by atoms with Gasteiger partial charge in [0.1, 0.15) is 0 Å². The van der Waals surface area contributed by atoms with E-state index in [0.717, 1.165) is 38.7 Å². The van der Waals surface area contributed by atoms with E-state index < -0.39 is 0 Å². The second kappa shape index (κ2) is 7.58. The highest BCUT2D eigenvalue weighted by molar-refractivity contribution is 4.79. The van der Waals surface area contributed by atoms with E-state index in [0.29, 0.717) is 12.0 Å². The second-order valence-electron chi connectivity index (χ2n) is 6.65. The Morgan fingerprint density at radius 2 is 2.05 bits per heavy atom. The van der Waals surface area contributed by atoms with Crippen molar-refractivity contribution >= 4 is 0 Å². The van der Waals surface area contributed by atoms with Gasteiger partial charge >= 0.3 is 0 Å². The molecule has 2 aliphatic rings. The zero-order valence-corrected chi connectivity index (χ0v) is 12.7. The number of hydrogen-bond donors (Lipinski definition) is 1. The zero-order chi connectivity index (χ0) is 13.7. The highest BCUT2D eigenvalue weighted by atomic mass is 16.5. The molecule has 0 aromatic heterocycles. The Labute approximate surface area is 118 Å². The lowest BCUT2D eigenvalue weighted by atomic mass is 9.98. The van der Waals surface area contributed by atoms with Crippen molar-refractivity contribution in [1.29, 1.82) is 0 Å². The monoisotopic (exact) mass is 269 g/mol. The van der Waals surface area contributed by atoms with Crippen LogP contribution in [-0.4, -0.2) is 68.3 Å². The van der Waals surface area contributed by atoms with Crippen molar-refractivity contribution in [3.05, 3.63) is 0 Å². The average Bonchev–Trinajstić information content (AvgIpc) is 2.38. The predicted molar refractivity (Wildman–Crippen MR) is 79.2 cm³/mol. The number of nitrogens with zero attached hydrogens (tertiary/aromatic N) is 2. The number of piperidine rings is 1. The molecule has 2 atom stereocenters. The van der Waals surface area contributed by atoms with Crippen LogP contribution in [0.5, 0.6) is 0 Å². The molecular weight excluding hydrogens is 238 g/mol. The van der Waals surface area contributed by atoms with E-state index in [9.17, 15) is 0 Å². The van der Waals surface area contributed by atoms with Crippen molar-refractivity contribution in [3.63, 3.8) is 0 Å². The van der Waals surface area contributed by atoms with Crippen molar-refractivity contribution < 1.29 is 4.74 Å². The van der Waals surface area contributed by atoms with Crippen LogP contribution in [0.4, 0.5) is 0 Å². The summed E-state index contributed by atoms with van der Waals surface area (Å²) in [7, 11) is 0. The molecule has 2 heterocycles. The molecule has 112 valence electrons. The first-order valence-corrected chi connectivity index (χ1v) is 7.93. The largest absolute Gasteiger partial charge is 0.374 e. The van der Waals surface area contributed by atoms with E-state index in [4.69, 9.17) is 10.5 Å². The molecule has 0 aromatic rings. The molecule has 0 aliphatic carbocycles. The Morgan fingerprint density at radius 3 is 2.79 bits per heavy atom. The highest BCUT2D eigenvalue weighted by Gasteiger charge is 2.25. The van der Waals surface area contributed by atoms with E-state index >= 15 is 0 Å². The molecule has 2 rings (SSSR count). The maximum Gasteiger partial charge on any atom is 0.0829 e. The summed E-state index contributed by atoms with van der Waals surface area (Å²) in [6, 6.07) is 0. The van der Waals surface area contributed by atoms with Crippen LogP contribution in [0.1, 0.15) is 26.7 Å². The number of rotatable bonds is 5. The molecule has 2 aliphatic heterocycles. The third-order valence-corrected chi connectivity index (χ3v) is 4.24. The van der Waals surface area contributed by atoms with Gasteiger partial charge in [0.25, 0.3) is 0 Å². The van der Waals surface area contributed by atoms with E-state index in [1.54, 1.807) is 0 Å². The van der Waals surface area contributed by atoms with Gasteiger partial charge in [-0.15, -0.1) is 0 Å². The van der Waals surface area contributed by atoms with Crippen LogP contribution >= 0.6 is 0 Å². The number of likely N-dealkylation sites (tertiary alicyclic amines) is 1. The summed E-state index contributed by atoms with van der Waals surface area (Å²) in [5.74, 6) is 1.44. The summed E-state index contributed by atoms with van der Waals surface area (Å²) in [4.78, 5) is 5.12. The van der Waals surface area contributed by atoms with Crippen molar-refractivity contribution in [1.82, 2.24) is 9.80 Å². The topological polar surface area (TPSA) is 41.7 Å². The molecular formula is C15H31N3O. The van der Waals surface area contributed by atoms with E-state index in [-0.39, 0.29) is 0 Å². The van der Waals surface area contributed by atoms with Crippen LogP contribution in [0.15, 0.2) is 0 Å². The lowest BCUT2D eigenvalue weighted by molar-refractivity contribution is -0.0500. The van der Waals surface area contributed by atoms with Crippen molar-refractivity contribution in [2.24, 2.45) is 17.6 Å². The van der Waals surface area contributed by atoms with Gasteiger partial charge in [0.15, 0.2) is 0 Å². The van der Waals surface area contributed by atoms with Crippen LogP contribution in [-0.2, 0) is 4.74 Å². The van der Waals surface area contributed by atoms with Crippen molar-refractivity contribution in [2.75, 3.05) is 52.4 Å². The van der Waals surface area contributed by atoms with E-state index in [1.165, 1.54) is 32.5 Å². The quantitative estimate of drug-likeness (QED) is 0.809. The molecule has 0 aromatic carbocycles. The fourth-order valence-electron chi connectivity index (χ4n) is 3.37. The van der Waals surface area contributed by atoms with Crippen LogP contribution in [0, 0.1) is 11.8 Å². The molecule has 2 saturated heterocycles. The van der Waals surface area contributed by atoms with Crippen LogP contribution in [0.2, 0.25) is 0 Å². The second-order valence-corrected chi connectivity index (χ2v) is 6.65. The van der Waals surface area contributed by atoms with Crippen LogP contribution in [0.3, 0.4) is 0 Å². The summed E-state index contributed by atoms with van der Waals surface area (Å²) < 4.78 is 5.95. The minimum Gasteiger partial charge on any atom is -0.374 e. The molecule has 0 radical (unpaired) electrons. The fraction of sp³-hybridized carbons (Fsp3) is 1.00. The number of hydrogen-bond acceptors (Lipinski definition) is 4. The minimum atomic E-state index is 0.393. The smallest absolute Gasteiger partial charge is 0.0829 e. The molecule has 4 nitrogen and oxygen atoms in total. The summed E-state index contributed by atoms with van der Waals surface area (Å²) in [5, 5.41) is 0. The maximum atomic E-state index is 5.95. The molecule has 2 fully saturated rings. The maximum absolute atomic E-state index is 5.95. The van der Waals surface area contributed by atoms with Gasteiger partial charge in [0.05, 0.1) is 12.7 Å². The summed E-state index contributed by atoms with van der Waals surface area (Å²) in [5.41, 5.74) is 5.81. The van der Waals surface area contributed by atoms with Gasteiger partial charge in [-0.1, -0.05) is 13.8 Å². The van der Waals surface area contributed by atoms with Crippen LogP contribution < -0.4 is 5.73 Å². The van der Waals surface area contributed by atoms with Gasteiger partial charge < -0.3 is 15.4 Å². The normalized spacial score (nSPS) is 30.9. The van der Waals surface area contributed by atoms with Gasteiger partial charge in [-0.3, -0.25) is 4.90 Å². The molecule has 0 bridgehead atoms. The van der Waals surface area contributed by atoms with Gasteiger partial charge in [-0.05, 0) is 37.8 Å². The Bertz CT molecular complexity index is 260. The lowest BCUT2D eigenvalue weighted by Crippen LogP contribution is -2.50. The lowest BCUT2D eigenvalue weighted by Gasteiger charge is -2.38. The molecule has 0 amide bonds. The summed E-state index contributed by atoms with van der Waals surface area (Å²) in [6.45, 7) is 13.2. The van der Waals surface area contributed by atoms with E-state index in [1.807, 2.05) is 0 Å². The SMILES string of the molecule is CC(C)CN1CCOC(CN2CCCC(CN)C2)C1. The Balaban J connectivity index is 1.75. The summed E-state index contributed by atoms with van der Waals surface area (Å²) in [6.07, 6.45) is 2.99. The minimum absolute atomic E-state index is 0.393. The standard InChI is InChI=1S/C15H31N3O/c1-13(2)9-18-6-7-19-15(12-18)11-17-5-3-4-14(8-16)10-17/h13-15H,3-12,16H2,1-2H3. The van der Waals surface area contributed by atoms with Crippen LogP contribution in [0.25, 0.3) is 0 Å². The third-order valence-electron chi connectivity index (χ3n) is 4.24. The zero-order valence-electron chi connectivity index (χ0n) is 12.7. The van der Waals surface area contributed by atoms with Crippen molar-refractivity contribution in [3.8, 4) is 0 Å². The Kier molecular flexibility index (Phi) is 6.07. The molecule has 2 unspecified atom stereocenters. The first-order chi connectivity index (χ1) is 9.17. The van der Waals surface area contributed by atoms with E-state index in [2.05, 4.69) is 23.6 Å². The molecule has 0 saturated carbocycles. The number of morpholine rings is 1. The Morgan fingerprint density at radius 1 is 1.21 bits per heavy atom. The average molecular weight is 269 g/mol. The molecule has 19 heavy (non-hydrogen) atoms.